The van der Waals surface area contributed by atoms with E-state index in [1.807, 2.05) is 19.1 Å². The molecule has 0 atom stereocenters. The Hall–Kier alpha value is -1.87. The van der Waals surface area contributed by atoms with Crippen molar-refractivity contribution >= 4 is 23.5 Å². The lowest BCUT2D eigenvalue weighted by Gasteiger charge is -2.02. The maximum atomic E-state index is 12.9. The summed E-state index contributed by atoms with van der Waals surface area (Å²) in [6.07, 6.45) is 1.55. The third kappa shape index (κ3) is 3.31. The van der Waals surface area contributed by atoms with Crippen molar-refractivity contribution in [1.82, 2.24) is 0 Å². The van der Waals surface area contributed by atoms with Gasteiger partial charge in [0.15, 0.2) is 0 Å². The molecule has 2 aromatic rings. The standard InChI is InChI=1S/C14H12ClFN2/c1-10-5-6-13(8-14(10)15)18-17-9-11-3-2-4-12(16)7-11/h2-9,18H,1H3/b17-9+. The predicted octanol–water partition coefficient (Wildman–Crippen LogP) is 4.23. The van der Waals surface area contributed by atoms with Crippen molar-refractivity contribution in [3.8, 4) is 0 Å². The number of benzene rings is 2. The molecule has 2 rings (SSSR count). The van der Waals surface area contributed by atoms with Gasteiger partial charge in [0.2, 0.25) is 0 Å². The van der Waals surface area contributed by atoms with Gasteiger partial charge in [0.05, 0.1) is 11.9 Å². The number of hydrogen-bond donors (Lipinski definition) is 1. The molecule has 2 aromatic carbocycles. The maximum Gasteiger partial charge on any atom is 0.123 e. The van der Waals surface area contributed by atoms with Gasteiger partial charge in [-0.15, -0.1) is 0 Å². The van der Waals surface area contributed by atoms with Crippen LogP contribution in [-0.4, -0.2) is 6.21 Å². The molecule has 2 nitrogen and oxygen atoms in total. The van der Waals surface area contributed by atoms with Crippen LogP contribution in [0.1, 0.15) is 11.1 Å². The van der Waals surface area contributed by atoms with Crippen LogP contribution in [0.5, 0.6) is 0 Å². The lowest BCUT2D eigenvalue weighted by atomic mass is 10.2. The maximum absolute atomic E-state index is 12.9. The first-order chi connectivity index (χ1) is 8.65. The van der Waals surface area contributed by atoms with Crippen molar-refractivity contribution in [3.63, 3.8) is 0 Å². The summed E-state index contributed by atoms with van der Waals surface area (Å²) < 4.78 is 12.9. The SMILES string of the molecule is Cc1ccc(N/N=C/c2cccc(F)c2)cc1Cl. The Morgan fingerprint density at radius 2 is 2.06 bits per heavy atom. The normalized spacial score (nSPS) is 10.8. The molecule has 0 aliphatic heterocycles. The van der Waals surface area contributed by atoms with Crippen molar-refractivity contribution in [1.29, 1.82) is 0 Å². The fourth-order valence-electron chi connectivity index (χ4n) is 1.43. The minimum Gasteiger partial charge on any atom is -0.278 e. The first-order valence-electron chi connectivity index (χ1n) is 5.46. The number of hydrogen-bond acceptors (Lipinski definition) is 2. The van der Waals surface area contributed by atoms with Crippen molar-refractivity contribution in [2.45, 2.75) is 6.92 Å². The number of rotatable bonds is 3. The highest BCUT2D eigenvalue weighted by molar-refractivity contribution is 6.31. The second kappa shape index (κ2) is 5.65. The smallest absolute Gasteiger partial charge is 0.123 e. The van der Waals surface area contributed by atoms with Crippen molar-refractivity contribution in [3.05, 3.63) is 64.4 Å². The monoisotopic (exact) mass is 262 g/mol. The van der Waals surface area contributed by atoms with Crippen LogP contribution in [0, 0.1) is 12.7 Å². The first-order valence-corrected chi connectivity index (χ1v) is 5.84. The molecule has 0 amide bonds. The summed E-state index contributed by atoms with van der Waals surface area (Å²) >= 11 is 5.99. The van der Waals surface area contributed by atoms with Gasteiger partial charge in [-0.25, -0.2) is 4.39 Å². The van der Waals surface area contributed by atoms with E-state index in [9.17, 15) is 4.39 Å². The van der Waals surface area contributed by atoms with E-state index in [4.69, 9.17) is 11.6 Å². The van der Waals surface area contributed by atoms with Crippen molar-refractivity contribution in [2.75, 3.05) is 5.43 Å². The van der Waals surface area contributed by atoms with Crippen LogP contribution in [0.2, 0.25) is 5.02 Å². The third-order valence-corrected chi connectivity index (χ3v) is 2.83. The number of nitrogens with one attached hydrogen (secondary N) is 1. The fourth-order valence-corrected chi connectivity index (χ4v) is 1.61. The van der Waals surface area contributed by atoms with Crippen LogP contribution in [0.3, 0.4) is 0 Å². The van der Waals surface area contributed by atoms with Gasteiger partial charge in [-0.3, -0.25) is 5.43 Å². The van der Waals surface area contributed by atoms with E-state index in [1.54, 1.807) is 24.4 Å². The van der Waals surface area contributed by atoms with E-state index in [0.717, 1.165) is 11.3 Å². The summed E-state index contributed by atoms with van der Waals surface area (Å²) in [5.41, 5.74) is 5.34. The molecule has 18 heavy (non-hydrogen) atoms. The van der Waals surface area contributed by atoms with Crippen LogP contribution in [-0.2, 0) is 0 Å². The molecule has 0 aliphatic carbocycles. The van der Waals surface area contributed by atoms with Crippen LogP contribution < -0.4 is 5.43 Å². The fraction of sp³-hybridized carbons (Fsp3) is 0.0714. The van der Waals surface area contributed by atoms with Gasteiger partial charge in [0.1, 0.15) is 5.82 Å². The summed E-state index contributed by atoms with van der Waals surface area (Å²) in [5, 5.41) is 4.70. The summed E-state index contributed by atoms with van der Waals surface area (Å²) in [6, 6.07) is 11.8. The number of aryl methyl sites for hydroxylation is 1. The number of anilines is 1. The van der Waals surface area contributed by atoms with Gasteiger partial charge in [-0.2, -0.15) is 5.10 Å². The minimum atomic E-state index is -0.280. The zero-order chi connectivity index (χ0) is 13.0. The molecule has 1 N–H and O–H groups in total. The topological polar surface area (TPSA) is 24.4 Å². The average molecular weight is 263 g/mol. The molecule has 0 bridgehead atoms. The molecule has 0 heterocycles. The second-order valence-corrected chi connectivity index (χ2v) is 4.30. The molecule has 0 aromatic heterocycles. The van der Waals surface area contributed by atoms with Crippen LogP contribution in [0.25, 0.3) is 0 Å². The molecule has 0 radical (unpaired) electrons. The number of nitrogens with zero attached hydrogens (tertiary/aromatic N) is 1. The molecule has 0 saturated heterocycles. The highest BCUT2D eigenvalue weighted by Crippen LogP contribution is 2.19. The Bertz CT molecular complexity index is 582. The summed E-state index contributed by atoms with van der Waals surface area (Å²) in [5.74, 6) is -0.280. The molecular formula is C14H12ClFN2. The second-order valence-electron chi connectivity index (χ2n) is 3.89. The summed E-state index contributed by atoms with van der Waals surface area (Å²) in [7, 11) is 0. The Morgan fingerprint density at radius 1 is 1.22 bits per heavy atom. The minimum absolute atomic E-state index is 0.280. The average Bonchev–Trinajstić information content (AvgIpc) is 2.34. The molecular weight excluding hydrogens is 251 g/mol. The van der Waals surface area contributed by atoms with E-state index >= 15 is 0 Å². The molecule has 0 aliphatic rings. The van der Waals surface area contributed by atoms with Crippen molar-refractivity contribution in [2.24, 2.45) is 5.10 Å². The van der Waals surface area contributed by atoms with Gasteiger partial charge in [0.25, 0.3) is 0 Å². The van der Waals surface area contributed by atoms with E-state index in [2.05, 4.69) is 10.5 Å². The number of hydrazone groups is 1. The summed E-state index contributed by atoms with van der Waals surface area (Å²) in [4.78, 5) is 0. The molecule has 0 fully saturated rings. The van der Waals surface area contributed by atoms with Gasteiger partial charge < -0.3 is 0 Å². The first kappa shape index (κ1) is 12.6. The van der Waals surface area contributed by atoms with Crippen LogP contribution >= 0.6 is 11.6 Å². The van der Waals surface area contributed by atoms with E-state index < -0.39 is 0 Å². The van der Waals surface area contributed by atoms with E-state index in [0.29, 0.717) is 10.6 Å². The highest BCUT2D eigenvalue weighted by atomic mass is 35.5. The van der Waals surface area contributed by atoms with Gasteiger partial charge in [-0.1, -0.05) is 29.8 Å². The molecule has 0 saturated carbocycles. The van der Waals surface area contributed by atoms with Crippen LogP contribution in [0.15, 0.2) is 47.6 Å². The van der Waals surface area contributed by atoms with Gasteiger partial charge in [-0.05, 0) is 42.3 Å². The van der Waals surface area contributed by atoms with E-state index in [1.165, 1.54) is 12.1 Å². The Balaban J connectivity index is 2.05. The van der Waals surface area contributed by atoms with Crippen LogP contribution in [0.4, 0.5) is 10.1 Å². The lowest BCUT2D eigenvalue weighted by Crippen LogP contribution is -1.91. The Morgan fingerprint density at radius 3 is 2.78 bits per heavy atom. The Labute approximate surface area is 110 Å². The van der Waals surface area contributed by atoms with E-state index in [-0.39, 0.29) is 5.82 Å². The molecule has 4 heteroatoms. The molecule has 92 valence electrons. The van der Waals surface area contributed by atoms with Gasteiger partial charge in [0, 0.05) is 5.02 Å². The molecule has 0 spiro atoms. The highest BCUT2D eigenvalue weighted by Gasteiger charge is 1.96. The quantitative estimate of drug-likeness (QED) is 0.650. The number of halogens is 2. The van der Waals surface area contributed by atoms with Gasteiger partial charge >= 0.3 is 0 Å². The largest absolute Gasteiger partial charge is 0.278 e. The summed E-state index contributed by atoms with van der Waals surface area (Å²) in [6.45, 7) is 1.93. The predicted molar refractivity (Wildman–Crippen MR) is 73.8 cm³/mol. The zero-order valence-corrected chi connectivity index (χ0v) is 10.6. The Kier molecular flexibility index (Phi) is 3.95. The third-order valence-electron chi connectivity index (χ3n) is 2.43. The van der Waals surface area contributed by atoms with Crippen molar-refractivity contribution < 1.29 is 4.39 Å². The molecule has 0 unspecified atom stereocenters. The lowest BCUT2D eigenvalue weighted by molar-refractivity contribution is 0.627. The zero-order valence-electron chi connectivity index (χ0n) is 9.82.